The minimum Gasteiger partial charge on any atom is -0.475 e. The standard InChI is InChI=1S/C12H18ClN3O/c13-10-7-15-9-16-11(10)17-8-12(14)5-3-1-2-4-6-12/h7,9H,1-6,8,14H2. The van der Waals surface area contributed by atoms with Gasteiger partial charge in [-0.25, -0.2) is 9.97 Å². The molecule has 1 aliphatic rings. The second kappa shape index (κ2) is 5.65. The highest BCUT2D eigenvalue weighted by Crippen LogP contribution is 2.27. The Kier molecular flexibility index (Phi) is 4.18. The molecule has 0 aliphatic heterocycles. The molecule has 2 rings (SSSR count). The van der Waals surface area contributed by atoms with Gasteiger partial charge in [-0.05, 0) is 12.8 Å². The summed E-state index contributed by atoms with van der Waals surface area (Å²) in [6.07, 6.45) is 9.87. The van der Waals surface area contributed by atoms with Crippen LogP contribution in [0, 0.1) is 0 Å². The molecule has 1 aromatic heterocycles. The Morgan fingerprint density at radius 3 is 2.65 bits per heavy atom. The highest BCUT2D eigenvalue weighted by Gasteiger charge is 2.27. The van der Waals surface area contributed by atoms with E-state index in [0.29, 0.717) is 17.5 Å². The normalized spacial score (nSPS) is 19.6. The molecule has 1 saturated carbocycles. The van der Waals surface area contributed by atoms with Crippen molar-refractivity contribution < 1.29 is 4.74 Å². The van der Waals surface area contributed by atoms with Crippen LogP contribution in [0.4, 0.5) is 0 Å². The third-order valence-electron chi connectivity index (χ3n) is 3.23. The first-order chi connectivity index (χ1) is 8.20. The van der Waals surface area contributed by atoms with Crippen LogP contribution in [-0.4, -0.2) is 22.1 Å². The lowest BCUT2D eigenvalue weighted by Crippen LogP contribution is -2.45. The SMILES string of the molecule is NC1(COc2ncncc2Cl)CCCCCC1. The molecule has 94 valence electrons. The first-order valence-electron chi connectivity index (χ1n) is 6.07. The van der Waals surface area contributed by atoms with E-state index in [-0.39, 0.29) is 5.54 Å². The summed E-state index contributed by atoms with van der Waals surface area (Å²) in [5.41, 5.74) is 6.11. The van der Waals surface area contributed by atoms with Crippen LogP contribution in [0.25, 0.3) is 0 Å². The molecule has 0 amide bonds. The minimum absolute atomic E-state index is 0.231. The van der Waals surface area contributed by atoms with Crippen LogP contribution in [0.15, 0.2) is 12.5 Å². The van der Waals surface area contributed by atoms with E-state index >= 15 is 0 Å². The molecule has 1 aliphatic carbocycles. The summed E-state index contributed by atoms with van der Waals surface area (Å²) >= 11 is 5.93. The van der Waals surface area contributed by atoms with Gasteiger partial charge in [0.25, 0.3) is 0 Å². The number of halogens is 1. The predicted molar refractivity (Wildman–Crippen MR) is 67.2 cm³/mol. The third-order valence-corrected chi connectivity index (χ3v) is 3.49. The van der Waals surface area contributed by atoms with Crippen molar-refractivity contribution in [2.24, 2.45) is 5.73 Å². The van der Waals surface area contributed by atoms with Crippen LogP contribution in [0.2, 0.25) is 5.02 Å². The summed E-state index contributed by atoms with van der Waals surface area (Å²) in [6, 6.07) is 0. The summed E-state index contributed by atoms with van der Waals surface area (Å²) in [5, 5.41) is 0.435. The summed E-state index contributed by atoms with van der Waals surface area (Å²) in [7, 11) is 0. The summed E-state index contributed by atoms with van der Waals surface area (Å²) in [4.78, 5) is 7.81. The minimum atomic E-state index is -0.231. The lowest BCUT2D eigenvalue weighted by molar-refractivity contribution is 0.193. The van der Waals surface area contributed by atoms with E-state index in [4.69, 9.17) is 22.1 Å². The van der Waals surface area contributed by atoms with E-state index in [1.807, 2.05) is 0 Å². The number of hydrogen-bond donors (Lipinski definition) is 1. The van der Waals surface area contributed by atoms with Crippen molar-refractivity contribution in [2.45, 2.75) is 44.1 Å². The number of ether oxygens (including phenoxy) is 1. The van der Waals surface area contributed by atoms with Crippen LogP contribution in [-0.2, 0) is 0 Å². The van der Waals surface area contributed by atoms with E-state index in [2.05, 4.69) is 9.97 Å². The van der Waals surface area contributed by atoms with Gasteiger partial charge in [-0.1, -0.05) is 37.3 Å². The molecule has 5 heteroatoms. The molecule has 0 spiro atoms. The smallest absolute Gasteiger partial charge is 0.235 e. The number of nitrogens with zero attached hydrogens (tertiary/aromatic N) is 2. The Hall–Kier alpha value is -0.870. The largest absolute Gasteiger partial charge is 0.475 e. The Morgan fingerprint density at radius 2 is 2.00 bits per heavy atom. The van der Waals surface area contributed by atoms with Crippen molar-refractivity contribution in [3.8, 4) is 5.88 Å². The fraction of sp³-hybridized carbons (Fsp3) is 0.667. The van der Waals surface area contributed by atoms with E-state index < -0.39 is 0 Å². The van der Waals surface area contributed by atoms with Gasteiger partial charge >= 0.3 is 0 Å². The maximum Gasteiger partial charge on any atom is 0.235 e. The average Bonchev–Trinajstić information content (AvgIpc) is 2.54. The van der Waals surface area contributed by atoms with Crippen LogP contribution < -0.4 is 10.5 Å². The number of aromatic nitrogens is 2. The molecule has 1 fully saturated rings. The maximum atomic E-state index is 6.35. The van der Waals surface area contributed by atoms with Crippen molar-refractivity contribution in [1.29, 1.82) is 0 Å². The van der Waals surface area contributed by atoms with Crippen LogP contribution >= 0.6 is 11.6 Å². The highest BCUT2D eigenvalue weighted by molar-refractivity contribution is 6.31. The molecule has 0 radical (unpaired) electrons. The predicted octanol–water partition coefficient (Wildman–Crippen LogP) is 2.56. The van der Waals surface area contributed by atoms with Crippen molar-refractivity contribution in [2.75, 3.05) is 6.61 Å². The average molecular weight is 256 g/mol. The zero-order chi connectivity index (χ0) is 12.1. The summed E-state index contributed by atoms with van der Waals surface area (Å²) in [6.45, 7) is 0.476. The van der Waals surface area contributed by atoms with E-state index in [9.17, 15) is 0 Å². The van der Waals surface area contributed by atoms with E-state index in [0.717, 1.165) is 12.8 Å². The molecule has 2 N–H and O–H groups in total. The van der Waals surface area contributed by atoms with Gasteiger partial charge in [0.15, 0.2) is 0 Å². The molecule has 0 atom stereocenters. The summed E-state index contributed by atoms with van der Waals surface area (Å²) in [5.74, 6) is 0.427. The Bertz CT molecular complexity index is 365. The lowest BCUT2D eigenvalue weighted by atomic mass is 9.93. The number of rotatable bonds is 3. The quantitative estimate of drug-likeness (QED) is 0.844. The number of nitrogens with two attached hydrogens (primary N) is 1. The first-order valence-corrected chi connectivity index (χ1v) is 6.45. The van der Waals surface area contributed by atoms with Crippen molar-refractivity contribution in [3.05, 3.63) is 17.5 Å². The third kappa shape index (κ3) is 3.54. The molecule has 0 aromatic carbocycles. The Morgan fingerprint density at radius 1 is 1.29 bits per heavy atom. The van der Waals surface area contributed by atoms with Gasteiger partial charge in [-0.15, -0.1) is 0 Å². The van der Waals surface area contributed by atoms with Gasteiger partial charge in [-0.2, -0.15) is 0 Å². The molecule has 0 bridgehead atoms. The molecule has 17 heavy (non-hydrogen) atoms. The summed E-state index contributed by atoms with van der Waals surface area (Å²) < 4.78 is 5.63. The fourth-order valence-electron chi connectivity index (χ4n) is 2.20. The zero-order valence-electron chi connectivity index (χ0n) is 9.86. The highest BCUT2D eigenvalue weighted by atomic mass is 35.5. The van der Waals surface area contributed by atoms with Gasteiger partial charge in [0.1, 0.15) is 18.0 Å². The van der Waals surface area contributed by atoms with E-state index in [1.54, 1.807) is 0 Å². The molecule has 4 nitrogen and oxygen atoms in total. The second-order valence-electron chi connectivity index (χ2n) is 4.74. The van der Waals surface area contributed by atoms with Gasteiger partial charge in [0, 0.05) is 0 Å². The molecule has 0 unspecified atom stereocenters. The van der Waals surface area contributed by atoms with Gasteiger partial charge in [-0.3, -0.25) is 0 Å². The van der Waals surface area contributed by atoms with E-state index in [1.165, 1.54) is 38.2 Å². The molecule has 0 saturated heterocycles. The zero-order valence-corrected chi connectivity index (χ0v) is 10.6. The van der Waals surface area contributed by atoms with Crippen molar-refractivity contribution in [1.82, 2.24) is 9.97 Å². The molecular formula is C12H18ClN3O. The Balaban J connectivity index is 1.94. The van der Waals surface area contributed by atoms with Crippen molar-refractivity contribution >= 4 is 11.6 Å². The monoisotopic (exact) mass is 255 g/mol. The maximum absolute atomic E-state index is 6.35. The fourth-order valence-corrected chi connectivity index (χ4v) is 2.36. The lowest BCUT2D eigenvalue weighted by Gasteiger charge is -2.27. The van der Waals surface area contributed by atoms with Gasteiger partial charge in [0.05, 0.1) is 11.7 Å². The van der Waals surface area contributed by atoms with Crippen LogP contribution in [0.1, 0.15) is 38.5 Å². The van der Waals surface area contributed by atoms with Crippen LogP contribution in [0.3, 0.4) is 0 Å². The van der Waals surface area contributed by atoms with Crippen molar-refractivity contribution in [3.63, 3.8) is 0 Å². The van der Waals surface area contributed by atoms with Gasteiger partial charge < -0.3 is 10.5 Å². The molecular weight excluding hydrogens is 238 g/mol. The number of hydrogen-bond acceptors (Lipinski definition) is 4. The second-order valence-corrected chi connectivity index (χ2v) is 5.15. The first kappa shape index (κ1) is 12.6. The molecule has 1 aromatic rings. The van der Waals surface area contributed by atoms with Gasteiger partial charge in [0.2, 0.25) is 5.88 Å². The topological polar surface area (TPSA) is 61.0 Å². The molecule has 1 heterocycles. The van der Waals surface area contributed by atoms with Crippen LogP contribution in [0.5, 0.6) is 5.88 Å². The Labute approximate surface area is 107 Å².